The van der Waals surface area contributed by atoms with E-state index in [9.17, 15) is 0 Å². The first-order chi connectivity index (χ1) is 25.2. The summed E-state index contributed by atoms with van der Waals surface area (Å²) in [5.41, 5.74) is 15.1. The van der Waals surface area contributed by atoms with Gasteiger partial charge in [-0.2, -0.15) is 0 Å². The fourth-order valence-electron chi connectivity index (χ4n) is 9.23. The first kappa shape index (κ1) is 32.6. The highest BCUT2D eigenvalue weighted by atomic mass is 14.7. The summed E-state index contributed by atoms with van der Waals surface area (Å²) in [6.45, 7) is 14.1. The zero-order chi connectivity index (χ0) is 35.1. The third kappa shape index (κ3) is 4.84. The molecule has 9 rings (SSSR count). The molecule has 3 aliphatic carbocycles. The monoisotopic (exact) mass is 660 g/mol. The van der Waals surface area contributed by atoms with Crippen LogP contribution < -0.4 is 10.6 Å². The van der Waals surface area contributed by atoms with E-state index in [0.29, 0.717) is 5.92 Å². The lowest BCUT2D eigenvalue weighted by atomic mass is 9.68. The van der Waals surface area contributed by atoms with Gasteiger partial charge in [-0.1, -0.05) is 142 Å². The molecule has 2 heteroatoms. The molecule has 1 spiro atoms. The number of aromatic nitrogens is 1. The Labute approximate surface area is 302 Å². The van der Waals surface area contributed by atoms with Gasteiger partial charge in [0, 0.05) is 40.4 Å². The molecule has 0 amide bonds. The Kier molecular flexibility index (Phi) is 8.48. The Hall–Kier alpha value is -5.60. The van der Waals surface area contributed by atoms with E-state index in [0.717, 1.165) is 57.9 Å². The lowest BCUT2D eigenvalue weighted by Crippen LogP contribution is -2.30. The number of benzene rings is 4. The number of pyridine rings is 1. The maximum atomic E-state index is 5.40. The summed E-state index contributed by atoms with van der Waals surface area (Å²) < 4.78 is 0. The van der Waals surface area contributed by atoms with E-state index in [1.807, 2.05) is 32.2 Å². The molecule has 1 unspecified atom stereocenters. The summed E-state index contributed by atoms with van der Waals surface area (Å²) in [7, 11) is 0. The van der Waals surface area contributed by atoms with Gasteiger partial charge >= 0.3 is 0 Å². The average Bonchev–Trinajstić information content (AvgIpc) is 3.67. The first-order valence-electron chi connectivity index (χ1n) is 18.5. The first-order valence-corrected chi connectivity index (χ1v) is 18.5. The van der Waals surface area contributed by atoms with Crippen LogP contribution in [0.1, 0.15) is 80.2 Å². The highest BCUT2D eigenvalue weighted by molar-refractivity contribution is 6.11. The third-order valence-corrected chi connectivity index (χ3v) is 11.1. The van der Waals surface area contributed by atoms with E-state index in [-0.39, 0.29) is 5.41 Å². The summed E-state index contributed by atoms with van der Waals surface area (Å²) in [5, 5.41) is 4.66. The number of nitrogens with zero attached hydrogens (tertiary/aromatic N) is 2. The van der Waals surface area contributed by atoms with Gasteiger partial charge in [-0.3, -0.25) is 4.99 Å². The van der Waals surface area contributed by atoms with E-state index in [2.05, 4.69) is 129 Å². The van der Waals surface area contributed by atoms with Crippen LogP contribution in [-0.2, 0) is 5.41 Å². The summed E-state index contributed by atoms with van der Waals surface area (Å²) in [5.74, 6) is 0.330. The molecule has 0 bridgehead atoms. The summed E-state index contributed by atoms with van der Waals surface area (Å²) in [6, 6.07) is 31.8. The van der Waals surface area contributed by atoms with Crippen molar-refractivity contribution in [1.29, 1.82) is 0 Å². The number of allylic oxidation sites excluding steroid dienone is 7. The van der Waals surface area contributed by atoms with E-state index < -0.39 is 0 Å². The van der Waals surface area contributed by atoms with Crippen molar-refractivity contribution in [2.75, 3.05) is 0 Å². The van der Waals surface area contributed by atoms with Crippen LogP contribution in [-0.4, -0.2) is 11.2 Å². The Bertz CT molecular complexity index is 2450. The molecular formula is C49H44N2. The molecule has 250 valence electrons. The molecule has 0 saturated heterocycles. The van der Waals surface area contributed by atoms with Gasteiger partial charge in [0.1, 0.15) is 0 Å². The minimum Gasteiger partial charge on any atom is -0.260 e. The van der Waals surface area contributed by atoms with Crippen molar-refractivity contribution in [2.24, 2.45) is 4.99 Å². The quantitative estimate of drug-likeness (QED) is 0.176. The molecule has 2 heterocycles. The molecule has 0 N–H and O–H groups in total. The van der Waals surface area contributed by atoms with Crippen molar-refractivity contribution in [1.82, 2.24) is 4.98 Å². The summed E-state index contributed by atoms with van der Waals surface area (Å²) in [4.78, 5) is 10.1. The molecule has 1 aliphatic heterocycles. The van der Waals surface area contributed by atoms with Crippen molar-refractivity contribution in [3.8, 4) is 22.4 Å². The van der Waals surface area contributed by atoms with E-state index in [1.54, 1.807) is 11.6 Å². The second kappa shape index (κ2) is 13.3. The van der Waals surface area contributed by atoms with Crippen molar-refractivity contribution >= 4 is 34.7 Å². The van der Waals surface area contributed by atoms with Crippen LogP contribution in [0, 0.1) is 0 Å². The lowest BCUT2D eigenvalue weighted by molar-refractivity contribution is 0.599. The van der Waals surface area contributed by atoms with Crippen molar-refractivity contribution in [2.45, 2.75) is 57.8 Å². The predicted octanol–water partition coefficient (Wildman–Crippen LogP) is 11.1. The normalized spacial score (nSPS) is 19.1. The minimum absolute atomic E-state index is 0.293. The molecule has 1 aromatic heterocycles. The minimum atomic E-state index is -0.293. The Morgan fingerprint density at radius 3 is 2.20 bits per heavy atom. The van der Waals surface area contributed by atoms with Gasteiger partial charge in [0.2, 0.25) is 0 Å². The number of dihydropyridines is 1. The van der Waals surface area contributed by atoms with Crippen LogP contribution in [0.5, 0.6) is 0 Å². The largest absolute Gasteiger partial charge is 0.260 e. The fourth-order valence-corrected chi connectivity index (χ4v) is 9.23. The van der Waals surface area contributed by atoms with Gasteiger partial charge in [-0.25, -0.2) is 4.98 Å². The molecule has 4 aliphatic rings. The van der Waals surface area contributed by atoms with E-state index in [1.165, 1.54) is 50.6 Å². The van der Waals surface area contributed by atoms with Crippen LogP contribution in [0.25, 0.3) is 50.9 Å². The topological polar surface area (TPSA) is 25.2 Å². The standard InChI is InChI=1S/C47H38N2.C2H6/c1-4-14-33-25-24-32(29-48-33)30-16-13-17-31(28-30)46-38-26-27-42-45(44(38)37(15-5-2)43(6-3)49-46)36-20-9-12-23-41(36)47(42)39-21-10-7-18-34(39)35-19-8-11-22-40(35)47;1-2/h4-8,10-11,13-19,21-24,26-29,36H,1-2,9,12,20,25H2,3H3;1-2H3/b33-14+,37-15+,43-6+;. The van der Waals surface area contributed by atoms with E-state index >= 15 is 0 Å². The van der Waals surface area contributed by atoms with Gasteiger partial charge in [-0.15, -0.1) is 0 Å². The highest BCUT2D eigenvalue weighted by Crippen LogP contribution is 2.66. The van der Waals surface area contributed by atoms with Gasteiger partial charge in [0.05, 0.1) is 16.5 Å². The number of hydrogen-bond donors (Lipinski definition) is 0. The molecule has 0 fully saturated rings. The molecular weight excluding hydrogens is 617 g/mol. The van der Waals surface area contributed by atoms with Gasteiger partial charge in [0.15, 0.2) is 0 Å². The van der Waals surface area contributed by atoms with E-state index in [4.69, 9.17) is 9.98 Å². The molecule has 0 saturated carbocycles. The smallest absolute Gasteiger partial charge is 0.0788 e. The van der Waals surface area contributed by atoms with Crippen LogP contribution in [0.4, 0.5) is 0 Å². The lowest BCUT2D eigenvalue weighted by Gasteiger charge is -2.33. The summed E-state index contributed by atoms with van der Waals surface area (Å²) >= 11 is 0. The molecule has 1 atom stereocenters. The van der Waals surface area contributed by atoms with Crippen molar-refractivity contribution < 1.29 is 0 Å². The van der Waals surface area contributed by atoms with Gasteiger partial charge in [0.25, 0.3) is 0 Å². The average molecular weight is 661 g/mol. The summed E-state index contributed by atoms with van der Waals surface area (Å²) in [6.07, 6.45) is 21.1. The number of hydrogen-bond acceptors (Lipinski definition) is 2. The Morgan fingerprint density at radius 2 is 1.51 bits per heavy atom. The van der Waals surface area contributed by atoms with Gasteiger partial charge in [-0.05, 0) is 93.8 Å². The fraction of sp³-hybridized carbons (Fsp3) is 0.184. The second-order valence-corrected chi connectivity index (χ2v) is 13.5. The van der Waals surface area contributed by atoms with Crippen molar-refractivity contribution in [3.63, 3.8) is 0 Å². The Balaban J connectivity index is 0.00000184. The SMILES string of the molecule is C=C/C=c1\c(=C/C)nc(-c2cccc(C3=CC/C(=C\C=C)N=C3)c2)c2ccc3c(c12)C1CCCC=C1C31c2ccccc2-c2ccccc21.CC. The van der Waals surface area contributed by atoms with Crippen molar-refractivity contribution in [3.05, 3.63) is 178 Å². The molecule has 2 nitrogen and oxygen atoms in total. The molecule has 0 radical (unpaired) electrons. The maximum Gasteiger partial charge on any atom is 0.0788 e. The zero-order valence-electron chi connectivity index (χ0n) is 29.9. The van der Waals surface area contributed by atoms with Crippen LogP contribution in [0.2, 0.25) is 0 Å². The number of fused-ring (bicyclic) bond motifs is 12. The third-order valence-electron chi connectivity index (χ3n) is 11.1. The maximum absolute atomic E-state index is 5.40. The predicted molar refractivity (Wildman–Crippen MR) is 218 cm³/mol. The number of aliphatic imine (C=N–C) groups is 1. The molecule has 5 aromatic rings. The van der Waals surface area contributed by atoms with Gasteiger partial charge < -0.3 is 0 Å². The zero-order valence-corrected chi connectivity index (χ0v) is 29.9. The number of rotatable bonds is 4. The van der Waals surface area contributed by atoms with Crippen LogP contribution >= 0.6 is 0 Å². The molecule has 4 aromatic carbocycles. The molecule has 51 heavy (non-hydrogen) atoms. The highest BCUT2D eigenvalue weighted by Gasteiger charge is 2.55. The van der Waals surface area contributed by atoms with Crippen LogP contribution in [0.3, 0.4) is 0 Å². The Morgan fingerprint density at radius 1 is 0.784 bits per heavy atom. The second-order valence-electron chi connectivity index (χ2n) is 13.5. The van der Waals surface area contributed by atoms with Crippen LogP contribution in [0.15, 0.2) is 145 Å².